The van der Waals surface area contributed by atoms with Crippen molar-refractivity contribution in [3.05, 3.63) is 71.3 Å². The first-order valence-corrected chi connectivity index (χ1v) is 6.84. The maximum absolute atomic E-state index is 5.66. The quantitative estimate of drug-likeness (QED) is 0.842. The molecule has 0 bridgehead atoms. The standard InChI is InChI=1S/C17H19NO/c1-13-11-15-9-5-6-10-16(15)17(12-19-18-13)14-7-3-2-4-8-14/h2-10,13,17-18H,11-12H2,1H3. The highest BCUT2D eigenvalue weighted by atomic mass is 16.6. The Morgan fingerprint density at radius 3 is 2.58 bits per heavy atom. The van der Waals surface area contributed by atoms with Gasteiger partial charge in [0, 0.05) is 12.0 Å². The van der Waals surface area contributed by atoms with Gasteiger partial charge in [-0.2, -0.15) is 5.48 Å². The molecule has 98 valence electrons. The van der Waals surface area contributed by atoms with Crippen molar-refractivity contribution >= 4 is 0 Å². The summed E-state index contributed by atoms with van der Waals surface area (Å²) in [6, 6.07) is 19.6. The van der Waals surface area contributed by atoms with Crippen molar-refractivity contribution in [2.24, 2.45) is 0 Å². The highest BCUT2D eigenvalue weighted by molar-refractivity contribution is 5.38. The molecule has 2 heteroatoms. The summed E-state index contributed by atoms with van der Waals surface area (Å²) >= 11 is 0. The van der Waals surface area contributed by atoms with Crippen LogP contribution in [-0.2, 0) is 11.3 Å². The van der Waals surface area contributed by atoms with Crippen LogP contribution >= 0.6 is 0 Å². The molecule has 2 nitrogen and oxygen atoms in total. The number of hydroxylamine groups is 1. The van der Waals surface area contributed by atoms with Crippen LogP contribution in [-0.4, -0.2) is 12.6 Å². The van der Waals surface area contributed by atoms with Gasteiger partial charge in [0.2, 0.25) is 0 Å². The van der Waals surface area contributed by atoms with E-state index >= 15 is 0 Å². The van der Waals surface area contributed by atoms with Crippen molar-refractivity contribution in [1.82, 2.24) is 5.48 Å². The second-order valence-corrected chi connectivity index (χ2v) is 5.20. The van der Waals surface area contributed by atoms with E-state index in [1.54, 1.807) is 0 Å². The van der Waals surface area contributed by atoms with Crippen LogP contribution in [0.15, 0.2) is 54.6 Å². The number of hydrogen-bond donors (Lipinski definition) is 1. The van der Waals surface area contributed by atoms with E-state index < -0.39 is 0 Å². The molecule has 1 heterocycles. The SMILES string of the molecule is CC1Cc2ccccc2C(c2ccccc2)CON1. The lowest BCUT2D eigenvalue weighted by Gasteiger charge is -2.26. The smallest absolute Gasteiger partial charge is 0.0791 e. The van der Waals surface area contributed by atoms with Crippen molar-refractivity contribution in [3.63, 3.8) is 0 Å². The fourth-order valence-electron chi connectivity index (χ4n) is 2.76. The first-order chi connectivity index (χ1) is 9.34. The third-order valence-electron chi connectivity index (χ3n) is 3.69. The number of hydrogen-bond acceptors (Lipinski definition) is 2. The van der Waals surface area contributed by atoms with E-state index in [9.17, 15) is 0 Å². The lowest BCUT2D eigenvalue weighted by atomic mass is 9.86. The fraction of sp³-hybridized carbons (Fsp3) is 0.294. The third-order valence-corrected chi connectivity index (χ3v) is 3.69. The van der Waals surface area contributed by atoms with Gasteiger partial charge in [-0.25, -0.2) is 0 Å². The van der Waals surface area contributed by atoms with E-state index in [2.05, 4.69) is 67.0 Å². The largest absolute Gasteiger partial charge is 0.301 e. The summed E-state index contributed by atoms with van der Waals surface area (Å²) in [4.78, 5) is 5.66. The van der Waals surface area contributed by atoms with Crippen LogP contribution in [0.1, 0.15) is 29.5 Å². The summed E-state index contributed by atoms with van der Waals surface area (Å²) in [5.41, 5.74) is 7.24. The minimum Gasteiger partial charge on any atom is -0.301 e. The summed E-state index contributed by atoms with van der Waals surface area (Å²) in [6.07, 6.45) is 1.000. The van der Waals surface area contributed by atoms with Crippen LogP contribution in [0, 0.1) is 0 Å². The van der Waals surface area contributed by atoms with Gasteiger partial charge in [0.15, 0.2) is 0 Å². The van der Waals surface area contributed by atoms with Gasteiger partial charge in [-0.05, 0) is 30.0 Å². The Labute approximate surface area is 114 Å². The molecule has 1 N–H and O–H groups in total. The van der Waals surface area contributed by atoms with Crippen LogP contribution in [0.3, 0.4) is 0 Å². The maximum atomic E-state index is 5.66. The molecule has 2 unspecified atom stereocenters. The van der Waals surface area contributed by atoms with Gasteiger partial charge < -0.3 is 4.84 Å². The molecule has 0 aromatic heterocycles. The molecule has 0 fully saturated rings. The summed E-state index contributed by atoms with van der Waals surface area (Å²) in [7, 11) is 0. The molecule has 0 amide bonds. The minimum absolute atomic E-state index is 0.303. The van der Waals surface area contributed by atoms with Gasteiger partial charge in [0.1, 0.15) is 0 Å². The second-order valence-electron chi connectivity index (χ2n) is 5.20. The van der Waals surface area contributed by atoms with Gasteiger partial charge >= 0.3 is 0 Å². The van der Waals surface area contributed by atoms with Crippen LogP contribution in [0.25, 0.3) is 0 Å². The highest BCUT2D eigenvalue weighted by Crippen LogP contribution is 2.29. The third kappa shape index (κ3) is 2.70. The molecule has 0 radical (unpaired) electrons. The van der Waals surface area contributed by atoms with Crippen molar-refractivity contribution in [2.45, 2.75) is 25.3 Å². The van der Waals surface area contributed by atoms with Gasteiger partial charge in [-0.3, -0.25) is 0 Å². The number of rotatable bonds is 1. The Bertz CT molecular complexity index is 538. The Balaban J connectivity index is 2.03. The Hall–Kier alpha value is -1.64. The van der Waals surface area contributed by atoms with E-state index in [-0.39, 0.29) is 0 Å². The molecule has 0 spiro atoms. The fourth-order valence-corrected chi connectivity index (χ4v) is 2.76. The summed E-state index contributed by atoms with van der Waals surface area (Å²) in [5.74, 6) is 0.303. The van der Waals surface area contributed by atoms with Crippen molar-refractivity contribution in [1.29, 1.82) is 0 Å². The predicted octanol–water partition coefficient (Wildman–Crippen LogP) is 3.28. The molecular formula is C17H19NO. The van der Waals surface area contributed by atoms with Gasteiger partial charge in [-0.1, -0.05) is 54.6 Å². The van der Waals surface area contributed by atoms with Crippen molar-refractivity contribution in [3.8, 4) is 0 Å². The van der Waals surface area contributed by atoms with Crippen molar-refractivity contribution < 1.29 is 4.84 Å². The number of fused-ring (bicyclic) bond motifs is 1. The normalized spacial score (nSPS) is 23.2. The average molecular weight is 253 g/mol. The van der Waals surface area contributed by atoms with E-state index in [1.807, 2.05) is 0 Å². The molecule has 2 aromatic carbocycles. The Morgan fingerprint density at radius 1 is 1.00 bits per heavy atom. The molecule has 0 saturated heterocycles. The molecule has 3 rings (SSSR count). The zero-order valence-corrected chi connectivity index (χ0v) is 11.2. The molecule has 1 aliphatic heterocycles. The summed E-state index contributed by atoms with van der Waals surface area (Å²) in [6.45, 7) is 2.82. The summed E-state index contributed by atoms with van der Waals surface area (Å²) < 4.78 is 0. The predicted molar refractivity (Wildman–Crippen MR) is 77.0 cm³/mol. The van der Waals surface area contributed by atoms with E-state index in [0.717, 1.165) is 6.42 Å². The monoisotopic (exact) mass is 253 g/mol. The van der Waals surface area contributed by atoms with Gasteiger partial charge in [-0.15, -0.1) is 0 Å². The Kier molecular flexibility index (Phi) is 3.62. The van der Waals surface area contributed by atoms with E-state index in [4.69, 9.17) is 4.84 Å². The first-order valence-electron chi connectivity index (χ1n) is 6.84. The van der Waals surface area contributed by atoms with E-state index in [0.29, 0.717) is 18.6 Å². The van der Waals surface area contributed by atoms with Crippen LogP contribution < -0.4 is 5.48 Å². The molecule has 2 aromatic rings. The van der Waals surface area contributed by atoms with E-state index in [1.165, 1.54) is 16.7 Å². The van der Waals surface area contributed by atoms with Gasteiger partial charge in [0.05, 0.1) is 6.61 Å². The van der Waals surface area contributed by atoms with Crippen LogP contribution in [0.5, 0.6) is 0 Å². The number of benzene rings is 2. The lowest BCUT2D eigenvalue weighted by Crippen LogP contribution is -2.33. The zero-order chi connectivity index (χ0) is 13.1. The lowest BCUT2D eigenvalue weighted by molar-refractivity contribution is 0.0124. The minimum atomic E-state index is 0.303. The molecule has 1 aliphatic rings. The highest BCUT2D eigenvalue weighted by Gasteiger charge is 2.21. The molecule has 19 heavy (non-hydrogen) atoms. The molecular weight excluding hydrogens is 234 g/mol. The van der Waals surface area contributed by atoms with Gasteiger partial charge in [0.25, 0.3) is 0 Å². The molecule has 2 atom stereocenters. The maximum Gasteiger partial charge on any atom is 0.0791 e. The first kappa shape index (κ1) is 12.4. The number of nitrogens with one attached hydrogen (secondary N) is 1. The Morgan fingerprint density at radius 2 is 1.74 bits per heavy atom. The zero-order valence-electron chi connectivity index (χ0n) is 11.2. The molecule has 0 saturated carbocycles. The van der Waals surface area contributed by atoms with Crippen LogP contribution in [0.2, 0.25) is 0 Å². The molecule has 0 aliphatic carbocycles. The van der Waals surface area contributed by atoms with Crippen LogP contribution in [0.4, 0.5) is 0 Å². The second kappa shape index (κ2) is 5.55. The summed E-state index contributed by atoms with van der Waals surface area (Å²) in [5, 5.41) is 0. The average Bonchev–Trinajstić information content (AvgIpc) is 2.43. The van der Waals surface area contributed by atoms with Crippen molar-refractivity contribution in [2.75, 3.05) is 6.61 Å². The topological polar surface area (TPSA) is 21.3 Å².